The zero-order chi connectivity index (χ0) is 37.6. The lowest BCUT2D eigenvalue weighted by Gasteiger charge is -2.31. The van der Waals surface area contributed by atoms with Gasteiger partial charge in [-0.3, -0.25) is 14.5 Å². The fraction of sp³-hybridized carbons (Fsp3) is 0.676. The van der Waals surface area contributed by atoms with E-state index in [1.807, 2.05) is 20.8 Å². The lowest BCUT2D eigenvalue weighted by molar-refractivity contribution is -0.143. The molecule has 2 amide bonds. The molecule has 15 nitrogen and oxygen atoms in total. The molecule has 0 fully saturated rings. The highest BCUT2D eigenvalue weighted by molar-refractivity contribution is 5.88. The van der Waals surface area contributed by atoms with Crippen molar-refractivity contribution in [3.8, 4) is 0 Å². The number of azide groups is 1. The van der Waals surface area contributed by atoms with Crippen molar-refractivity contribution in [3.63, 3.8) is 0 Å². The Morgan fingerprint density at radius 1 is 1.02 bits per heavy atom. The van der Waals surface area contributed by atoms with E-state index in [0.717, 1.165) is 74.0 Å². The Morgan fingerprint density at radius 2 is 1.77 bits per heavy atom. The predicted molar refractivity (Wildman–Crippen MR) is 196 cm³/mol. The molecule has 0 radical (unpaired) electrons. The Kier molecular flexibility index (Phi) is 18.8. The molecule has 52 heavy (non-hydrogen) atoms. The Hall–Kier alpha value is -4.33. The van der Waals surface area contributed by atoms with E-state index in [-0.39, 0.29) is 43.3 Å². The molecule has 3 heterocycles. The lowest BCUT2D eigenvalue weighted by Crippen LogP contribution is -2.40. The molecule has 2 aromatic heterocycles. The van der Waals surface area contributed by atoms with Crippen LogP contribution >= 0.6 is 0 Å². The summed E-state index contributed by atoms with van der Waals surface area (Å²) in [5.41, 5.74) is 10.6. The molecule has 0 bridgehead atoms. The molecule has 15 heteroatoms. The standard InChI is InChI=1S/C37H56N8O7/c1-5-51-34(47)25-29(30-26-40-32(41-27-30)16-17-33(46)39-18-21-49-23-24-50-22-19-42-44-38)11-8-6-7-9-13-31-15-14-28-12-10-20-45(35(28)43-31)36(48)52-37(2,3)4/h14-15,26-27,29H,5-13,16-25H2,1-4H3,(H,39,46)/t29-/m0/s1. The third-order valence-electron chi connectivity index (χ3n) is 8.28. The van der Waals surface area contributed by atoms with Gasteiger partial charge in [-0.25, -0.2) is 19.7 Å². The highest BCUT2D eigenvalue weighted by Gasteiger charge is 2.28. The number of aryl methyl sites for hydroxylation is 3. The first-order valence-corrected chi connectivity index (χ1v) is 18.5. The Balaban J connectivity index is 1.40. The largest absolute Gasteiger partial charge is 0.466 e. The SMILES string of the molecule is CCOC(=O)C[C@H](CCCCCCc1ccc2c(n1)N(C(=O)OC(C)(C)C)CCC2)c1cnc(CCC(=O)NCCOCCOCCN=[N+]=[N-])nc1. The molecule has 0 saturated heterocycles. The number of amides is 2. The van der Waals surface area contributed by atoms with Crippen molar-refractivity contribution in [1.29, 1.82) is 0 Å². The van der Waals surface area contributed by atoms with Gasteiger partial charge in [0.2, 0.25) is 5.91 Å². The van der Waals surface area contributed by atoms with Crippen LogP contribution < -0.4 is 10.2 Å². The average molecular weight is 725 g/mol. The molecule has 0 saturated carbocycles. The van der Waals surface area contributed by atoms with Crippen LogP contribution in [0.4, 0.5) is 10.6 Å². The van der Waals surface area contributed by atoms with E-state index in [9.17, 15) is 14.4 Å². The first-order valence-electron chi connectivity index (χ1n) is 18.5. The third-order valence-corrected chi connectivity index (χ3v) is 8.28. The molecule has 1 N–H and O–H groups in total. The van der Waals surface area contributed by atoms with Crippen LogP contribution in [0, 0.1) is 0 Å². The quantitative estimate of drug-likeness (QED) is 0.0455. The summed E-state index contributed by atoms with van der Waals surface area (Å²) < 4.78 is 21.5. The van der Waals surface area contributed by atoms with Gasteiger partial charge in [0, 0.05) is 55.5 Å². The van der Waals surface area contributed by atoms with Crippen LogP contribution in [0.2, 0.25) is 0 Å². The van der Waals surface area contributed by atoms with Gasteiger partial charge in [0.1, 0.15) is 17.2 Å². The molecule has 286 valence electrons. The van der Waals surface area contributed by atoms with Gasteiger partial charge in [0.05, 0.1) is 39.5 Å². The van der Waals surface area contributed by atoms with Crippen molar-refractivity contribution < 1.29 is 33.3 Å². The summed E-state index contributed by atoms with van der Waals surface area (Å²) in [4.78, 5) is 55.7. The minimum absolute atomic E-state index is 0.0611. The summed E-state index contributed by atoms with van der Waals surface area (Å²) in [5.74, 6) is 0.862. The van der Waals surface area contributed by atoms with Crippen LogP contribution in [-0.4, -0.2) is 91.2 Å². The van der Waals surface area contributed by atoms with E-state index in [1.54, 1.807) is 24.2 Å². The number of rotatable bonds is 23. The fourth-order valence-electron chi connectivity index (χ4n) is 5.72. The summed E-state index contributed by atoms with van der Waals surface area (Å²) in [6.07, 6.45) is 11.4. The van der Waals surface area contributed by atoms with Crippen molar-refractivity contribution in [2.75, 3.05) is 57.6 Å². The van der Waals surface area contributed by atoms with Crippen LogP contribution in [-0.2, 0) is 47.8 Å². The molecular formula is C37H56N8O7. The van der Waals surface area contributed by atoms with Gasteiger partial charge in [-0.1, -0.05) is 30.4 Å². The number of anilines is 1. The smallest absolute Gasteiger partial charge is 0.416 e. The van der Waals surface area contributed by atoms with Gasteiger partial charge < -0.3 is 24.3 Å². The molecule has 1 aliphatic rings. The first kappa shape index (κ1) is 42.1. The second-order valence-corrected chi connectivity index (χ2v) is 13.6. The predicted octanol–water partition coefficient (Wildman–Crippen LogP) is 6.18. The second-order valence-electron chi connectivity index (χ2n) is 13.6. The number of fused-ring (bicyclic) bond motifs is 1. The lowest BCUT2D eigenvalue weighted by atomic mass is 9.92. The molecule has 0 aliphatic carbocycles. The number of aromatic nitrogens is 3. The summed E-state index contributed by atoms with van der Waals surface area (Å²) in [6, 6.07) is 4.16. The monoisotopic (exact) mass is 724 g/mol. The van der Waals surface area contributed by atoms with Crippen LogP contribution in [0.3, 0.4) is 0 Å². The van der Waals surface area contributed by atoms with Crippen molar-refractivity contribution in [1.82, 2.24) is 20.3 Å². The van der Waals surface area contributed by atoms with Gasteiger partial charge >= 0.3 is 12.1 Å². The van der Waals surface area contributed by atoms with Crippen molar-refractivity contribution in [2.24, 2.45) is 5.11 Å². The Morgan fingerprint density at radius 3 is 2.50 bits per heavy atom. The first-order chi connectivity index (χ1) is 25.1. The average Bonchev–Trinajstić information content (AvgIpc) is 3.11. The van der Waals surface area contributed by atoms with Crippen molar-refractivity contribution in [3.05, 3.63) is 57.6 Å². The number of carbonyl (C=O) groups excluding carboxylic acids is 3. The number of pyridine rings is 1. The number of hydrogen-bond acceptors (Lipinski definition) is 11. The number of carbonyl (C=O) groups is 3. The van der Waals surface area contributed by atoms with Crippen molar-refractivity contribution >= 4 is 23.8 Å². The number of esters is 1. The minimum Gasteiger partial charge on any atom is -0.466 e. The van der Waals surface area contributed by atoms with Gasteiger partial charge in [-0.2, -0.15) is 0 Å². The molecular weight excluding hydrogens is 668 g/mol. The normalized spacial score (nSPS) is 13.1. The van der Waals surface area contributed by atoms with Gasteiger partial charge in [0.15, 0.2) is 0 Å². The zero-order valence-corrected chi connectivity index (χ0v) is 31.3. The molecule has 1 atom stereocenters. The zero-order valence-electron chi connectivity index (χ0n) is 31.3. The molecule has 0 aromatic carbocycles. The van der Waals surface area contributed by atoms with Crippen molar-refractivity contribution in [2.45, 2.75) is 110 Å². The van der Waals surface area contributed by atoms with Crippen LogP contribution in [0.25, 0.3) is 10.4 Å². The number of hydrogen-bond donors (Lipinski definition) is 1. The summed E-state index contributed by atoms with van der Waals surface area (Å²) >= 11 is 0. The molecule has 0 unspecified atom stereocenters. The number of unbranched alkanes of at least 4 members (excludes halogenated alkanes) is 3. The maximum Gasteiger partial charge on any atom is 0.416 e. The van der Waals surface area contributed by atoms with Gasteiger partial charge in [-0.15, -0.1) is 0 Å². The van der Waals surface area contributed by atoms with Crippen LogP contribution in [0.1, 0.15) is 108 Å². The number of nitrogens with one attached hydrogen (secondary N) is 1. The highest BCUT2D eigenvalue weighted by Crippen LogP contribution is 2.29. The molecule has 2 aromatic rings. The van der Waals surface area contributed by atoms with E-state index in [1.165, 1.54) is 0 Å². The van der Waals surface area contributed by atoms with E-state index in [0.29, 0.717) is 58.4 Å². The Labute approximate surface area is 307 Å². The summed E-state index contributed by atoms with van der Waals surface area (Å²) in [6.45, 7) is 10.5. The van der Waals surface area contributed by atoms with E-state index >= 15 is 0 Å². The Bertz CT molecular complexity index is 1440. The maximum atomic E-state index is 12.8. The van der Waals surface area contributed by atoms with E-state index in [2.05, 4.69) is 37.4 Å². The highest BCUT2D eigenvalue weighted by atomic mass is 16.6. The fourth-order valence-corrected chi connectivity index (χ4v) is 5.72. The topological polar surface area (TPSA) is 191 Å². The van der Waals surface area contributed by atoms with Gasteiger partial charge in [-0.05, 0) is 88.4 Å². The van der Waals surface area contributed by atoms with Gasteiger partial charge in [0.25, 0.3) is 0 Å². The number of ether oxygens (including phenoxy) is 4. The minimum atomic E-state index is -0.565. The summed E-state index contributed by atoms with van der Waals surface area (Å²) in [7, 11) is 0. The molecule has 0 spiro atoms. The summed E-state index contributed by atoms with van der Waals surface area (Å²) in [5, 5.41) is 6.20. The van der Waals surface area contributed by atoms with E-state index in [4.69, 9.17) is 29.5 Å². The van der Waals surface area contributed by atoms with Crippen LogP contribution in [0.15, 0.2) is 29.6 Å². The number of nitrogens with zero attached hydrogens (tertiary/aromatic N) is 7. The second kappa shape index (κ2) is 23.3. The van der Waals surface area contributed by atoms with Crippen LogP contribution in [0.5, 0.6) is 0 Å². The third kappa shape index (κ3) is 16.3. The van der Waals surface area contributed by atoms with E-state index < -0.39 is 5.60 Å². The maximum absolute atomic E-state index is 12.8. The molecule has 1 aliphatic heterocycles. The molecule has 3 rings (SSSR count).